The molecule has 4 N–H and O–H groups in total. The standard InChI is InChI=1S/C13H15ClO3.C12H13ClO3.C11H12Cl2O.C10H19BO2.C9H8BrClO3.C9H10ClNO3.C9H11NO3.2CH4.BBr3/c1-8(2)5-10-11(13(15)17-4)6-9(14)7-12(10)16-3;1-12(2)6-9-8(11(14)15-3)4-7(13)5-10(9)16-12;1-11(2)5-9-7(6-12)3-8(13)4-10(9)14-11;1-8(2)7-11-12-9(3,4)10(5,6)13-11;1-13-7-4-5(11)3-6(8(7)10)9(12)14-2;1-13-7-4-5(10)3-6(8(7)11)9(12)14-2;1-12-7-5-3-4-6(8(7)10)9(11)13-2;;;2-1(3)4/h5-7H,1-4H3;4-5H,6H2,1-3H3;3-4H,5-6H2,1-2H3;7H,1-6H3;3-4H,1-2H3;3-4H,11H2,1-2H3;3-5H,10H2,1-2H3;2*1H4;. The number of para-hydroxylation sites is 1. The first-order valence-corrected chi connectivity index (χ1v) is 37.3. The van der Waals surface area contributed by atoms with E-state index in [0.29, 0.717) is 104 Å². The molecule has 0 saturated carbocycles. The van der Waals surface area contributed by atoms with Crippen molar-refractivity contribution >= 4 is 190 Å². The number of ether oxygens (including phenoxy) is 11. The third-order valence-electron chi connectivity index (χ3n) is 14.9. The zero-order valence-corrected chi connectivity index (χ0v) is 73.1. The Morgan fingerprint density at radius 3 is 1.28 bits per heavy atom. The Morgan fingerprint density at radius 2 is 0.841 bits per heavy atom. The van der Waals surface area contributed by atoms with Crippen LogP contribution in [0.2, 0.25) is 25.1 Å². The highest BCUT2D eigenvalue weighted by atomic mass is 79.9. The molecule has 0 atom stereocenters. The molecule has 0 bridgehead atoms. The second-order valence-corrected chi connectivity index (χ2v) is 34.7. The van der Waals surface area contributed by atoms with Crippen molar-refractivity contribution in [3.63, 3.8) is 0 Å². The maximum atomic E-state index is 11.7. The highest BCUT2D eigenvalue weighted by Gasteiger charge is 2.50. The maximum absolute atomic E-state index is 11.7. The van der Waals surface area contributed by atoms with Crippen LogP contribution in [-0.4, -0.2) is 127 Å². The summed E-state index contributed by atoms with van der Waals surface area (Å²) in [5.74, 6) is 3.68. The number of rotatable bonds is 12. The van der Waals surface area contributed by atoms with Gasteiger partial charge >= 0.3 is 40.1 Å². The predicted octanol–water partition coefficient (Wildman–Crippen LogP) is 21.9. The number of esters is 5. The average Bonchev–Trinajstić information content (AvgIpc) is 1.72. The van der Waals surface area contributed by atoms with Crippen molar-refractivity contribution in [1.82, 2.24) is 0 Å². The van der Waals surface area contributed by atoms with Gasteiger partial charge in [-0.05, 0) is 171 Å². The molecule has 0 amide bonds. The summed E-state index contributed by atoms with van der Waals surface area (Å²) in [5.41, 5.74) is 18.8. The molecule has 6 aromatic carbocycles. The van der Waals surface area contributed by atoms with E-state index in [-0.39, 0.29) is 64.8 Å². The Kier molecular flexibility index (Phi) is 44.3. The molecule has 3 aliphatic rings. The minimum absolute atomic E-state index is 0. The SMILES string of the molecule is BrB(Br)Br.C.C.CC(C)=CB1OC(C)(C)C(C)(C)O1.CC1(C)Cc2c(CCl)cc(Cl)cc2O1.COC(=O)c1cc(Cl)cc(OC)c1Br.COC(=O)c1cc(Cl)cc(OC)c1C=C(C)C.COC(=O)c1cc(Cl)cc(OC)c1N.COC(=O)c1cc(Cl)cc2c1CC(C)(C)O2.COC(=O)c1cccc(OC)c1N. The summed E-state index contributed by atoms with van der Waals surface area (Å²) in [5, 5.41) is 2.41. The van der Waals surface area contributed by atoms with E-state index in [2.05, 4.69) is 119 Å². The van der Waals surface area contributed by atoms with Gasteiger partial charge in [0.25, 0.3) is 0 Å². The van der Waals surface area contributed by atoms with Crippen LogP contribution in [0.25, 0.3) is 6.08 Å². The van der Waals surface area contributed by atoms with E-state index >= 15 is 0 Å². The van der Waals surface area contributed by atoms with Crippen LogP contribution in [0.5, 0.6) is 34.5 Å². The molecule has 32 heteroatoms. The number of nitrogens with two attached hydrogens (primary N) is 2. The second-order valence-electron chi connectivity index (χ2n) is 25.0. The van der Waals surface area contributed by atoms with Gasteiger partial charge in [0.2, 0.25) is 0 Å². The van der Waals surface area contributed by atoms with Gasteiger partial charge in [-0.2, -0.15) is 0 Å². The number of fused-ring (bicyclic) bond motifs is 2. The number of allylic oxidation sites excluding steroid dienone is 2. The van der Waals surface area contributed by atoms with E-state index in [1.807, 2.05) is 65.7 Å². The van der Waals surface area contributed by atoms with Crippen LogP contribution in [0.3, 0.4) is 0 Å². The Morgan fingerprint density at radius 1 is 0.486 bits per heavy atom. The maximum Gasteiger partial charge on any atom is 0.487 e. The number of hydrogen-bond acceptors (Lipinski definition) is 20. The van der Waals surface area contributed by atoms with Crippen molar-refractivity contribution in [2.24, 2.45) is 0 Å². The summed E-state index contributed by atoms with van der Waals surface area (Å²) in [6, 6.07) is 21.4. The number of nitrogen functional groups attached to an aromatic ring is 2. The molecular formula is C75H96B2Br4Cl6N2O18. The first-order chi connectivity index (χ1) is 48.8. The van der Waals surface area contributed by atoms with Crippen molar-refractivity contribution in [2.45, 2.75) is 139 Å². The minimum Gasteiger partial charge on any atom is -0.496 e. The van der Waals surface area contributed by atoms with E-state index in [4.69, 9.17) is 128 Å². The zero-order valence-electron chi connectivity index (χ0n) is 62.2. The molecule has 107 heavy (non-hydrogen) atoms. The monoisotopic (exact) mass is 1860 g/mol. The van der Waals surface area contributed by atoms with Crippen LogP contribution in [0.1, 0.15) is 172 Å². The van der Waals surface area contributed by atoms with E-state index < -0.39 is 23.9 Å². The molecule has 1 saturated heterocycles. The first-order valence-electron chi connectivity index (χ1n) is 31.3. The summed E-state index contributed by atoms with van der Waals surface area (Å²) in [6.45, 7) is 24.3. The second kappa shape index (κ2) is 46.8. The van der Waals surface area contributed by atoms with Gasteiger partial charge in [0.05, 0.1) is 119 Å². The highest BCUT2D eigenvalue weighted by molar-refractivity contribution is 9.69. The van der Waals surface area contributed by atoms with E-state index in [1.165, 1.54) is 93.3 Å². The Balaban J connectivity index is 0.00000121. The topological polar surface area (TPSA) is 257 Å². The summed E-state index contributed by atoms with van der Waals surface area (Å²) in [4.78, 5) is 56.9. The van der Waals surface area contributed by atoms with Crippen LogP contribution >= 0.6 is 133 Å². The third kappa shape index (κ3) is 31.5. The summed E-state index contributed by atoms with van der Waals surface area (Å²) in [6.07, 6.45) is 3.45. The quantitative estimate of drug-likeness (QED) is 0.0379. The van der Waals surface area contributed by atoms with Crippen molar-refractivity contribution in [3.05, 3.63) is 176 Å². The number of anilines is 2. The van der Waals surface area contributed by atoms with E-state index in [1.54, 1.807) is 48.5 Å². The number of carbonyl (C=O) groups excluding carboxylic acids is 5. The van der Waals surface area contributed by atoms with Gasteiger partial charge in [0.1, 0.15) is 45.7 Å². The fraction of sp³-hybridized carbons (Fsp3) is 0.400. The lowest BCUT2D eigenvalue weighted by Crippen LogP contribution is -2.41. The Labute approximate surface area is 694 Å². The van der Waals surface area contributed by atoms with E-state index in [0.717, 1.165) is 28.9 Å². The van der Waals surface area contributed by atoms with Gasteiger partial charge in [-0.3, -0.25) is 0 Å². The molecule has 0 aromatic heterocycles. The lowest BCUT2D eigenvalue weighted by Gasteiger charge is -2.32. The molecule has 0 radical (unpaired) electrons. The van der Waals surface area contributed by atoms with Crippen molar-refractivity contribution in [3.8, 4) is 34.5 Å². The van der Waals surface area contributed by atoms with Crippen LogP contribution in [0.15, 0.2) is 100 Å². The molecule has 6 aromatic rings. The summed E-state index contributed by atoms with van der Waals surface area (Å²) in [7, 11) is 12.4. The predicted molar refractivity (Wildman–Crippen MR) is 450 cm³/mol. The largest absolute Gasteiger partial charge is 0.496 e. The molecule has 20 nitrogen and oxygen atoms in total. The number of methoxy groups -OCH3 is 9. The van der Waals surface area contributed by atoms with Crippen LogP contribution < -0.4 is 39.9 Å². The van der Waals surface area contributed by atoms with Crippen LogP contribution in [0, 0.1) is 0 Å². The minimum atomic E-state index is -0.539. The Hall–Kier alpha value is -5.74. The molecule has 9 rings (SSSR count). The molecule has 0 aliphatic carbocycles. The number of halogens is 10. The van der Waals surface area contributed by atoms with Gasteiger partial charge < -0.3 is 72.9 Å². The average molecular weight is 1870 g/mol. The van der Waals surface area contributed by atoms with Crippen molar-refractivity contribution in [2.75, 3.05) is 75.5 Å². The van der Waals surface area contributed by atoms with Crippen molar-refractivity contribution in [1.29, 1.82) is 0 Å². The molecule has 1 fully saturated rings. The molecule has 0 unspecified atom stereocenters. The fourth-order valence-corrected chi connectivity index (χ4v) is 11.4. The molecule has 3 heterocycles. The number of hydrogen-bond donors (Lipinski definition) is 2. The van der Waals surface area contributed by atoms with Crippen LogP contribution in [0.4, 0.5) is 11.4 Å². The molecule has 3 aliphatic heterocycles. The normalized spacial score (nSPS) is 13.2. The smallest absolute Gasteiger partial charge is 0.487 e. The summed E-state index contributed by atoms with van der Waals surface area (Å²) < 4.78 is 67.1. The molecule has 0 spiro atoms. The van der Waals surface area contributed by atoms with Crippen LogP contribution in [-0.2, 0) is 51.7 Å². The van der Waals surface area contributed by atoms with Gasteiger partial charge in [-0.15, -0.1) is 58.9 Å². The first kappa shape index (κ1) is 101. The van der Waals surface area contributed by atoms with Crippen molar-refractivity contribution < 1.29 is 85.4 Å². The number of alkyl halides is 1. The summed E-state index contributed by atoms with van der Waals surface area (Å²) >= 11 is 47.8. The van der Waals surface area contributed by atoms with Gasteiger partial charge in [-0.1, -0.05) is 102 Å². The van der Waals surface area contributed by atoms with E-state index in [9.17, 15) is 24.0 Å². The molecular weight excluding hydrogens is 1770 g/mol. The number of carbonyl (C=O) groups is 5. The van der Waals surface area contributed by atoms with Gasteiger partial charge in [-0.25, -0.2) is 24.0 Å². The fourth-order valence-electron chi connectivity index (χ4n) is 9.50. The van der Waals surface area contributed by atoms with Gasteiger partial charge in [0.15, 0.2) is 0 Å². The number of benzene rings is 6. The zero-order chi connectivity index (χ0) is 80.4. The highest BCUT2D eigenvalue weighted by Crippen LogP contribution is 2.42. The Bertz CT molecular complexity index is 3970. The lowest BCUT2D eigenvalue weighted by atomic mass is 9.88. The van der Waals surface area contributed by atoms with Gasteiger partial charge in [0, 0.05) is 66.6 Å². The third-order valence-corrected chi connectivity index (χ3v) is 17.1. The molecule has 590 valence electrons. The lowest BCUT2D eigenvalue weighted by molar-refractivity contribution is 0.00578.